The van der Waals surface area contributed by atoms with Crippen LogP contribution < -0.4 is 0 Å². The molecule has 0 heterocycles. The van der Waals surface area contributed by atoms with E-state index in [4.69, 9.17) is 0 Å². The Morgan fingerprint density at radius 2 is 2.12 bits per heavy atom. The van der Waals surface area contributed by atoms with Crippen LogP contribution in [0.2, 0.25) is 0 Å². The van der Waals surface area contributed by atoms with Gasteiger partial charge in [-0.3, -0.25) is 0 Å². The van der Waals surface area contributed by atoms with Crippen molar-refractivity contribution in [3.05, 3.63) is 23.8 Å². The summed E-state index contributed by atoms with van der Waals surface area (Å²) >= 11 is 0. The molecule has 0 aromatic carbocycles. The molecule has 0 bridgehead atoms. The average molecular weight is 220 g/mol. The zero-order valence-corrected chi connectivity index (χ0v) is 10.8. The van der Waals surface area contributed by atoms with Crippen LogP contribution in [0.4, 0.5) is 0 Å². The summed E-state index contributed by atoms with van der Waals surface area (Å²) in [6, 6.07) is 0. The fourth-order valence-corrected chi connectivity index (χ4v) is 3.34. The van der Waals surface area contributed by atoms with E-state index in [-0.39, 0.29) is 6.10 Å². The zero-order valence-electron chi connectivity index (χ0n) is 10.8. The second kappa shape index (κ2) is 4.03. The van der Waals surface area contributed by atoms with Crippen molar-refractivity contribution in [3.63, 3.8) is 0 Å². The molecule has 0 amide bonds. The molecule has 2 aliphatic rings. The van der Waals surface area contributed by atoms with Gasteiger partial charge in [0.2, 0.25) is 0 Å². The van der Waals surface area contributed by atoms with Crippen molar-refractivity contribution in [2.24, 2.45) is 17.3 Å². The molecule has 1 N–H and O–H groups in total. The molecule has 1 heteroatoms. The van der Waals surface area contributed by atoms with E-state index in [1.807, 2.05) is 0 Å². The lowest BCUT2D eigenvalue weighted by Crippen LogP contribution is -2.44. The summed E-state index contributed by atoms with van der Waals surface area (Å²) in [5, 5.41) is 9.94. The van der Waals surface area contributed by atoms with E-state index in [9.17, 15) is 5.11 Å². The fourth-order valence-electron chi connectivity index (χ4n) is 3.34. The minimum atomic E-state index is -0.252. The molecule has 1 saturated carbocycles. The third-order valence-corrected chi connectivity index (χ3v) is 4.72. The van der Waals surface area contributed by atoms with Crippen LogP contribution in [0.1, 0.15) is 46.5 Å². The maximum absolute atomic E-state index is 9.94. The Bertz CT molecular complexity index is 324. The molecule has 90 valence electrons. The predicted octanol–water partition coefficient (Wildman–Crippen LogP) is 3.70. The van der Waals surface area contributed by atoms with E-state index in [0.29, 0.717) is 11.3 Å². The number of aliphatic hydroxyl groups is 1. The van der Waals surface area contributed by atoms with Crippen LogP contribution >= 0.6 is 0 Å². The maximum Gasteiger partial charge on any atom is 0.0750 e. The van der Waals surface area contributed by atoms with Crippen molar-refractivity contribution < 1.29 is 5.11 Å². The van der Waals surface area contributed by atoms with E-state index in [1.165, 1.54) is 12.0 Å². The van der Waals surface area contributed by atoms with Crippen molar-refractivity contribution in [1.29, 1.82) is 0 Å². The van der Waals surface area contributed by atoms with Gasteiger partial charge in [0.1, 0.15) is 0 Å². The largest absolute Gasteiger partial charge is 0.389 e. The lowest BCUT2D eigenvalue weighted by molar-refractivity contribution is 0.0119. The summed E-state index contributed by atoms with van der Waals surface area (Å²) in [7, 11) is 0. The first-order chi connectivity index (χ1) is 7.42. The van der Waals surface area contributed by atoms with E-state index in [1.54, 1.807) is 0 Å². The molecular weight excluding hydrogens is 196 g/mol. The van der Waals surface area contributed by atoms with Gasteiger partial charge in [-0.2, -0.15) is 0 Å². The highest BCUT2D eigenvalue weighted by atomic mass is 16.3. The number of allylic oxidation sites excluding steroid dienone is 2. The average Bonchev–Trinajstić information content (AvgIpc) is 2.24. The number of hydrogen-bond donors (Lipinski definition) is 1. The first-order valence-corrected chi connectivity index (χ1v) is 6.44. The van der Waals surface area contributed by atoms with E-state index in [2.05, 4.69) is 33.4 Å². The smallest absolute Gasteiger partial charge is 0.0750 e. The second-order valence-corrected chi connectivity index (χ2v) is 6.30. The van der Waals surface area contributed by atoms with Crippen molar-refractivity contribution in [2.75, 3.05) is 0 Å². The minimum Gasteiger partial charge on any atom is -0.389 e. The number of rotatable bonds is 0. The highest BCUT2D eigenvalue weighted by Gasteiger charge is 2.47. The monoisotopic (exact) mass is 220 g/mol. The predicted molar refractivity (Wildman–Crippen MR) is 68.1 cm³/mol. The molecule has 1 fully saturated rings. The Labute approximate surface area is 99.3 Å². The molecule has 0 radical (unpaired) electrons. The summed E-state index contributed by atoms with van der Waals surface area (Å²) in [4.78, 5) is 0. The highest BCUT2D eigenvalue weighted by molar-refractivity contribution is 5.18. The Morgan fingerprint density at radius 3 is 2.75 bits per heavy atom. The van der Waals surface area contributed by atoms with Crippen LogP contribution in [0.5, 0.6) is 0 Å². The molecule has 0 unspecified atom stereocenters. The molecule has 16 heavy (non-hydrogen) atoms. The third-order valence-electron chi connectivity index (χ3n) is 4.72. The van der Waals surface area contributed by atoms with Gasteiger partial charge in [0.15, 0.2) is 0 Å². The SMILES string of the molecule is C=C1CC[C@@H](O)/C(C)=C/C[C@H]2[C@H]1CC2(C)C. The third kappa shape index (κ3) is 1.98. The molecule has 0 saturated heterocycles. The second-order valence-electron chi connectivity index (χ2n) is 6.30. The normalized spacial score (nSPS) is 41.9. The van der Waals surface area contributed by atoms with Gasteiger partial charge in [0.25, 0.3) is 0 Å². The van der Waals surface area contributed by atoms with Crippen molar-refractivity contribution in [2.45, 2.75) is 52.6 Å². The van der Waals surface area contributed by atoms with E-state index in [0.717, 1.165) is 30.8 Å². The molecule has 0 aromatic rings. The molecular formula is C15H24O. The Balaban J connectivity index is 2.18. The van der Waals surface area contributed by atoms with Gasteiger partial charge in [0, 0.05) is 0 Å². The summed E-state index contributed by atoms with van der Waals surface area (Å²) in [6.45, 7) is 11.0. The molecule has 0 aromatic heterocycles. The van der Waals surface area contributed by atoms with Crippen LogP contribution in [-0.4, -0.2) is 11.2 Å². The minimum absolute atomic E-state index is 0.252. The summed E-state index contributed by atoms with van der Waals surface area (Å²) in [5.74, 6) is 1.43. The van der Waals surface area contributed by atoms with Crippen LogP contribution in [0.3, 0.4) is 0 Å². The maximum atomic E-state index is 9.94. The molecule has 3 atom stereocenters. The number of aliphatic hydroxyl groups excluding tert-OH is 1. The molecule has 0 spiro atoms. The molecule has 1 nitrogen and oxygen atoms in total. The highest BCUT2D eigenvalue weighted by Crippen LogP contribution is 2.56. The van der Waals surface area contributed by atoms with Crippen LogP contribution in [0.25, 0.3) is 0 Å². The topological polar surface area (TPSA) is 20.2 Å². The van der Waals surface area contributed by atoms with Gasteiger partial charge in [-0.1, -0.05) is 32.1 Å². The van der Waals surface area contributed by atoms with Crippen LogP contribution in [-0.2, 0) is 0 Å². The van der Waals surface area contributed by atoms with Crippen LogP contribution in [0, 0.1) is 17.3 Å². The molecule has 0 aliphatic heterocycles. The quantitative estimate of drug-likeness (QED) is 0.617. The first-order valence-electron chi connectivity index (χ1n) is 6.44. The lowest BCUT2D eigenvalue weighted by Gasteiger charge is -2.52. The number of fused-ring (bicyclic) bond motifs is 1. The molecule has 2 aliphatic carbocycles. The lowest BCUT2D eigenvalue weighted by atomic mass is 9.52. The zero-order chi connectivity index (χ0) is 11.9. The Morgan fingerprint density at radius 1 is 1.44 bits per heavy atom. The van der Waals surface area contributed by atoms with Gasteiger partial charge in [-0.15, -0.1) is 0 Å². The van der Waals surface area contributed by atoms with Crippen LogP contribution in [0.15, 0.2) is 23.8 Å². The van der Waals surface area contributed by atoms with Crippen molar-refractivity contribution in [1.82, 2.24) is 0 Å². The van der Waals surface area contributed by atoms with E-state index >= 15 is 0 Å². The number of hydrogen-bond acceptors (Lipinski definition) is 1. The summed E-state index contributed by atoms with van der Waals surface area (Å²) < 4.78 is 0. The Kier molecular flexibility index (Phi) is 3.00. The fraction of sp³-hybridized carbons (Fsp3) is 0.733. The Hall–Kier alpha value is -0.560. The van der Waals surface area contributed by atoms with E-state index < -0.39 is 0 Å². The summed E-state index contributed by atoms with van der Waals surface area (Å²) in [6.07, 6.45) is 6.23. The summed E-state index contributed by atoms with van der Waals surface area (Å²) in [5.41, 5.74) is 2.97. The van der Waals surface area contributed by atoms with Gasteiger partial charge < -0.3 is 5.11 Å². The standard InChI is InChI=1S/C15H24O/c1-10-6-8-14(16)11(2)5-7-13-12(10)9-15(13,3)4/h5,12-14,16H,1,6-9H2,2-4H3/b11-5+/t12-,13-,14+/m0/s1. The van der Waals surface area contributed by atoms with Gasteiger partial charge >= 0.3 is 0 Å². The van der Waals surface area contributed by atoms with Crippen molar-refractivity contribution >= 4 is 0 Å². The first kappa shape index (κ1) is 11.9. The molecule has 2 rings (SSSR count). The van der Waals surface area contributed by atoms with Gasteiger partial charge in [0.05, 0.1) is 6.10 Å². The van der Waals surface area contributed by atoms with Crippen molar-refractivity contribution in [3.8, 4) is 0 Å². The van der Waals surface area contributed by atoms with Gasteiger partial charge in [-0.05, 0) is 55.4 Å². The van der Waals surface area contributed by atoms with Gasteiger partial charge in [-0.25, -0.2) is 0 Å².